The lowest BCUT2D eigenvalue weighted by Crippen LogP contribution is -2.28. The number of fused-ring (bicyclic) bond motifs is 13. The van der Waals surface area contributed by atoms with E-state index in [1.807, 2.05) is 22.7 Å². The van der Waals surface area contributed by atoms with Crippen LogP contribution in [0, 0.1) is 45.3 Å². The van der Waals surface area contributed by atoms with Gasteiger partial charge in [0.1, 0.15) is 35.4 Å². The highest BCUT2D eigenvalue weighted by molar-refractivity contribution is 7.34. The molecule has 256 valence electrons. The molecular weight excluding hydrogens is 713 g/mol. The fraction of sp³-hybridized carbons (Fsp3) is 0.409. The fourth-order valence-corrected chi connectivity index (χ4v) is 16.8. The minimum atomic E-state index is 0.0743. The molecule has 4 nitrogen and oxygen atoms in total. The largest absolute Gasteiger partial charge is 0.192 e. The SMILES string of the molecule is N#CC(C#N)=C1C=C(c2cc3c(s2)-c2sc4c5c(sc4c2C32CCCCC2)-c2sc(C3=CC(=C(C#N)C#N)CCC3)cc2C52CCCCC2)CCC1. The zero-order valence-corrected chi connectivity index (χ0v) is 32.3. The molecule has 2 fully saturated rings. The Bertz CT molecular complexity index is 2320. The Morgan fingerprint density at radius 1 is 0.481 bits per heavy atom. The summed E-state index contributed by atoms with van der Waals surface area (Å²) in [6.07, 6.45) is 22.4. The molecule has 4 heterocycles. The van der Waals surface area contributed by atoms with Crippen LogP contribution >= 0.6 is 45.3 Å². The number of thiophene rings is 4. The van der Waals surface area contributed by atoms with E-state index in [-0.39, 0.29) is 22.0 Å². The predicted molar refractivity (Wildman–Crippen MR) is 214 cm³/mol. The maximum Gasteiger partial charge on any atom is 0.132 e. The molecule has 0 amide bonds. The third kappa shape index (κ3) is 4.49. The quantitative estimate of drug-likeness (QED) is 0.191. The maximum absolute atomic E-state index is 9.60. The van der Waals surface area contributed by atoms with Gasteiger partial charge in [-0.3, -0.25) is 0 Å². The molecule has 8 heteroatoms. The molecule has 4 aromatic heterocycles. The first-order valence-electron chi connectivity index (χ1n) is 18.9. The van der Waals surface area contributed by atoms with Crippen LogP contribution in [-0.2, 0) is 10.8 Å². The van der Waals surface area contributed by atoms with Crippen LogP contribution in [0.5, 0.6) is 0 Å². The van der Waals surface area contributed by atoms with E-state index in [0.29, 0.717) is 0 Å². The summed E-state index contributed by atoms with van der Waals surface area (Å²) in [5.41, 5.74) is 11.5. The molecule has 0 atom stereocenters. The van der Waals surface area contributed by atoms with Gasteiger partial charge in [0.15, 0.2) is 0 Å². The Labute approximate surface area is 321 Å². The molecule has 0 radical (unpaired) electrons. The fourth-order valence-electron chi connectivity index (χ4n) is 10.7. The van der Waals surface area contributed by atoms with Crippen LogP contribution in [0.2, 0.25) is 0 Å². The highest BCUT2D eigenvalue weighted by Gasteiger charge is 2.52. The van der Waals surface area contributed by atoms with Crippen LogP contribution in [0.1, 0.15) is 135 Å². The van der Waals surface area contributed by atoms with Crippen molar-refractivity contribution in [1.82, 2.24) is 0 Å². The number of hydrogen-bond acceptors (Lipinski definition) is 8. The lowest BCUT2D eigenvalue weighted by molar-refractivity contribution is 0.354. The van der Waals surface area contributed by atoms with Gasteiger partial charge < -0.3 is 0 Å². The average Bonchev–Trinajstić information content (AvgIpc) is 4.02. The lowest BCUT2D eigenvalue weighted by Gasteiger charge is -2.35. The number of hydrogen-bond donors (Lipinski definition) is 0. The number of rotatable bonds is 2. The van der Waals surface area contributed by atoms with Crippen molar-refractivity contribution in [3.8, 4) is 43.8 Å². The monoisotopic (exact) mass is 748 g/mol. The molecule has 2 spiro atoms. The van der Waals surface area contributed by atoms with E-state index in [1.165, 1.54) is 105 Å². The van der Waals surface area contributed by atoms with E-state index in [2.05, 4.69) is 71.2 Å². The van der Waals surface area contributed by atoms with Gasteiger partial charge in [0.25, 0.3) is 0 Å². The summed E-state index contributed by atoms with van der Waals surface area (Å²) in [6.45, 7) is 0. The molecule has 0 bridgehead atoms. The van der Waals surface area contributed by atoms with E-state index in [1.54, 1.807) is 31.7 Å². The van der Waals surface area contributed by atoms with Crippen LogP contribution in [0.15, 0.2) is 46.6 Å². The van der Waals surface area contributed by atoms with Crippen molar-refractivity contribution in [2.24, 2.45) is 0 Å². The molecule has 6 aliphatic carbocycles. The van der Waals surface area contributed by atoms with Crippen LogP contribution in [-0.4, -0.2) is 0 Å². The van der Waals surface area contributed by atoms with Crippen molar-refractivity contribution in [3.63, 3.8) is 0 Å². The van der Waals surface area contributed by atoms with E-state index >= 15 is 0 Å². The number of allylic oxidation sites excluding steroid dienone is 8. The molecule has 0 N–H and O–H groups in total. The zero-order chi connectivity index (χ0) is 35.2. The Morgan fingerprint density at radius 3 is 1.27 bits per heavy atom. The summed E-state index contributed by atoms with van der Waals surface area (Å²) in [5, 5.41) is 38.4. The molecule has 0 aromatic carbocycles. The first-order chi connectivity index (χ1) is 25.5. The maximum atomic E-state index is 9.60. The van der Waals surface area contributed by atoms with Gasteiger partial charge in [-0.25, -0.2) is 0 Å². The zero-order valence-electron chi connectivity index (χ0n) is 29.0. The summed E-state index contributed by atoms with van der Waals surface area (Å²) in [5.74, 6) is 0. The second-order valence-electron chi connectivity index (χ2n) is 15.6. The second kappa shape index (κ2) is 12.3. The van der Waals surface area contributed by atoms with Gasteiger partial charge in [0, 0.05) is 41.5 Å². The van der Waals surface area contributed by atoms with Gasteiger partial charge in [0.2, 0.25) is 0 Å². The highest BCUT2D eigenvalue weighted by Crippen LogP contribution is 2.70. The molecule has 0 saturated heterocycles. The lowest BCUT2D eigenvalue weighted by atomic mass is 9.67. The second-order valence-corrected chi connectivity index (χ2v) is 19.7. The normalized spacial score (nSPS) is 20.6. The van der Waals surface area contributed by atoms with E-state index in [9.17, 15) is 21.0 Å². The van der Waals surface area contributed by atoms with E-state index in [4.69, 9.17) is 0 Å². The summed E-state index contributed by atoms with van der Waals surface area (Å²) in [6, 6.07) is 13.6. The van der Waals surface area contributed by atoms with Crippen LogP contribution < -0.4 is 0 Å². The van der Waals surface area contributed by atoms with Crippen molar-refractivity contribution < 1.29 is 0 Å². The van der Waals surface area contributed by atoms with Gasteiger partial charge in [0.05, 0.1) is 19.2 Å². The van der Waals surface area contributed by atoms with Crippen LogP contribution in [0.4, 0.5) is 0 Å². The standard InChI is InChI=1S/C44H36N4S4/c45-21-29(22-46)25-9-7-11-27(17-25)33-19-31-37(49-33)39-35(43(31)13-3-1-4-14-43)41-42(51-39)36-40(52-41)38-32(44(36)15-5-2-6-16-44)20-34(50-38)28-12-8-10-26(18-28)30(23-47)24-48/h17-20H,1-16H2. The number of nitrogens with zero attached hydrogens (tertiary/aromatic N) is 4. The molecular formula is C44H36N4S4. The van der Waals surface area contributed by atoms with Gasteiger partial charge in [-0.15, -0.1) is 45.3 Å². The Hall–Kier alpha value is -4.02. The van der Waals surface area contributed by atoms with Crippen molar-refractivity contribution in [2.75, 3.05) is 0 Å². The van der Waals surface area contributed by atoms with Gasteiger partial charge in [-0.2, -0.15) is 21.0 Å². The van der Waals surface area contributed by atoms with E-state index < -0.39 is 0 Å². The van der Waals surface area contributed by atoms with Gasteiger partial charge in [-0.1, -0.05) is 50.7 Å². The smallest absolute Gasteiger partial charge is 0.132 e. The molecule has 6 aliphatic rings. The first kappa shape index (κ1) is 32.6. The minimum absolute atomic E-state index is 0.0743. The molecule has 0 aliphatic heterocycles. The highest BCUT2D eigenvalue weighted by atomic mass is 32.1. The third-order valence-corrected chi connectivity index (χ3v) is 18.3. The molecule has 10 rings (SSSR count). The minimum Gasteiger partial charge on any atom is -0.192 e. The first-order valence-corrected chi connectivity index (χ1v) is 22.2. The average molecular weight is 749 g/mol. The van der Waals surface area contributed by atoms with Crippen molar-refractivity contribution in [1.29, 1.82) is 21.0 Å². The molecule has 4 aromatic rings. The Kier molecular flexibility index (Phi) is 7.69. The third-order valence-electron chi connectivity index (χ3n) is 13.0. The van der Waals surface area contributed by atoms with Crippen LogP contribution in [0.3, 0.4) is 0 Å². The summed E-state index contributed by atoms with van der Waals surface area (Å²) >= 11 is 8.13. The predicted octanol–water partition coefficient (Wildman–Crippen LogP) is 13.4. The van der Waals surface area contributed by atoms with Crippen molar-refractivity contribution in [2.45, 2.75) is 114 Å². The summed E-state index contributed by atoms with van der Waals surface area (Å²) in [4.78, 5) is 8.70. The molecule has 0 unspecified atom stereocenters. The number of nitriles is 4. The van der Waals surface area contributed by atoms with Gasteiger partial charge in [-0.05, 0) is 110 Å². The van der Waals surface area contributed by atoms with Crippen LogP contribution in [0.25, 0.3) is 40.1 Å². The summed E-state index contributed by atoms with van der Waals surface area (Å²) in [7, 11) is 0. The van der Waals surface area contributed by atoms with Crippen molar-refractivity contribution in [3.05, 3.63) is 78.6 Å². The summed E-state index contributed by atoms with van der Waals surface area (Å²) < 4.78 is 3.12. The Morgan fingerprint density at radius 2 is 0.885 bits per heavy atom. The topological polar surface area (TPSA) is 95.2 Å². The van der Waals surface area contributed by atoms with Gasteiger partial charge >= 0.3 is 0 Å². The molecule has 52 heavy (non-hydrogen) atoms. The Balaban J connectivity index is 1.14. The van der Waals surface area contributed by atoms with E-state index in [0.717, 1.165) is 49.7 Å². The van der Waals surface area contributed by atoms with Crippen molar-refractivity contribution >= 4 is 65.9 Å². The molecule has 2 saturated carbocycles.